The summed E-state index contributed by atoms with van der Waals surface area (Å²) < 4.78 is 23.4. The molecule has 146 valence electrons. The number of rotatable bonds is 5. The first-order chi connectivity index (χ1) is 12.4. The van der Waals surface area contributed by atoms with E-state index in [2.05, 4.69) is 15.6 Å². The van der Waals surface area contributed by atoms with Crippen LogP contribution in [0.1, 0.15) is 56.1 Å². The van der Waals surface area contributed by atoms with Gasteiger partial charge in [0.05, 0.1) is 4.90 Å². The second kappa shape index (κ2) is 9.95. The molecule has 5 nitrogen and oxygen atoms in total. The quantitative estimate of drug-likeness (QED) is 0.607. The Hall–Kier alpha value is -1.56. The van der Waals surface area contributed by atoms with Gasteiger partial charge < -0.3 is 10.6 Å². The molecule has 2 N–H and O–H groups in total. The lowest BCUT2D eigenvalue weighted by atomic mass is 9.91. The van der Waals surface area contributed by atoms with Gasteiger partial charge in [-0.25, -0.2) is 8.42 Å². The number of nitrogens with zero attached hydrogens (tertiary/aromatic N) is 1. The Morgan fingerprint density at radius 1 is 1.12 bits per heavy atom. The van der Waals surface area contributed by atoms with Gasteiger partial charge in [-0.05, 0) is 42.9 Å². The highest BCUT2D eigenvalue weighted by molar-refractivity contribution is 7.90. The maximum atomic E-state index is 11.7. The summed E-state index contributed by atoms with van der Waals surface area (Å²) in [5.41, 5.74) is 1.83. The van der Waals surface area contributed by atoms with E-state index in [1.807, 2.05) is 19.1 Å². The predicted molar refractivity (Wildman–Crippen MR) is 108 cm³/mol. The van der Waals surface area contributed by atoms with E-state index in [-0.39, 0.29) is 0 Å². The Morgan fingerprint density at radius 3 is 2.35 bits per heavy atom. The molecule has 0 bridgehead atoms. The third-order valence-corrected chi connectivity index (χ3v) is 6.36. The Labute approximate surface area is 158 Å². The van der Waals surface area contributed by atoms with Crippen LogP contribution < -0.4 is 10.6 Å². The summed E-state index contributed by atoms with van der Waals surface area (Å²) in [6.07, 6.45) is 10.6. The molecule has 1 saturated carbocycles. The van der Waals surface area contributed by atoms with Crippen molar-refractivity contribution < 1.29 is 8.42 Å². The minimum atomic E-state index is -3.17. The fraction of sp³-hybridized carbons (Fsp3) is 0.650. The third kappa shape index (κ3) is 6.63. The molecular formula is C20H33N3O2S. The van der Waals surface area contributed by atoms with Crippen molar-refractivity contribution >= 4 is 15.8 Å². The molecule has 0 heterocycles. The van der Waals surface area contributed by atoms with Gasteiger partial charge in [-0.3, -0.25) is 4.99 Å². The van der Waals surface area contributed by atoms with Crippen LogP contribution >= 0.6 is 0 Å². The summed E-state index contributed by atoms with van der Waals surface area (Å²) in [4.78, 5) is 4.70. The molecule has 0 aromatic heterocycles. The fourth-order valence-corrected chi connectivity index (χ4v) is 4.59. The average molecular weight is 380 g/mol. The Morgan fingerprint density at radius 2 is 1.77 bits per heavy atom. The van der Waals surface area contributed by atoms with Crippen molar-refractivity contribution in [1.82, 2.24) is 10.6 Å². The van der Waals surface area contributed by atoms with Crippen LogP contribution in [0.5, 0.6) is 0 Å². The molecule has 1 aliphatic rings. The zero-order valence-electron chi connectivity index (χ0n) is 16.3. The summed E-state index contributed by atoms with van der Waals surface area (Å²) in [6, 6.07) is 5.47. The second-order valence-corrected chi connectivity index (χ2v) is 9.37. The number of aliphatic imine (C=N–C) groups is 1. The average Bonchev–Trinajstić information content (AvgIpc) is 2.55. The van der Waals surface area contributed by atoms with E-state index in [1.165, 1.54) is 51.2 Å². The van der Waals surface area contributed by atoms with Gasteiger partial charge in [-0.1, -0.05) is 44.2 Å². The molecule has 26 heavy (non-hydrogen) atoms. The van der Waals surface area contributed by atoms with Gasteiger partial charge in [-0.15, -0.1) is 0 Å². The van der Waals surface area contributed by atoms with Crippen molar-refractivity contribution in [2.75, 3.05) is 19.8 Å². The minimum absolute atomic E-state index is 0.396. The fourth-order valence-electron chi connectivity index (χ4n) is 3.63. The zero-order chi connectivity index (χ0) is 19.0. The first kappa shape index (κ1) is 20.7. The zero-order valence-corrected chi connectivity index (χ0v) is 17.2. The van der Waals surface area contributed by atoms with Crippen LogP contribution in [0.25, 0.3) is 0 Å². The number of hydrogen-bond acceptors (Lipinski definition) is 3. The largest absolute Gasteiger partial charge is 0.356 e. The molecule has 6 heteroatoms. The van der Waals surface area contributed by atoms with Crippen LogP contribution in [0.4, 0.5) is 0 Å². The molecule has 0 aliphatic heterocycles. The molecule has 1 aliphatic carbocycles. The number of nitrogens with one attached hydrogen (secondary N) is 2. The summed E-state index contributed by atoms with van der Waals surface area (Å²) >= 11 is 0. The van der Waals surface area contributed by atoms with Crippen LogP contribution in [-0.2, 0) is 16.4 Å². The lowest BCUT2D eigenvalue weighted by molar-refractivity contribution is 0.375. The molecule has 0 saturated heterocycles. The molecule has 0 radical (unpaired) electrons. The van der Waals surface area contributed by atoms with E-state index in [1.54, 1.807) is 13.1 Å². The van der Waals surface area contributed by atoms with Crippen molar-refractivity contribution in [2.24, 2.45) is 10.9 Å². The monoisotopic (exact) mass is 379 g/mol. The predicted octanol–water partition coefficient (Wildman–Crippen LogP) is 3.42. The Bertz CT molecular complexity index is 706. The summed E-state index contributed by atoms with van der Waals surface area (Å²) in [6.45, 7) is 3.42. The van der Waals surface area contributed by atoms with Gasteiger partial charge in [0, 0.05) is 26.4 Å². The second-order valence-electron chi connectivity index (χ2n) is 7.39. The topological polar surface area (TPSA) is 70.6 Å². The number of sulfone groups is 1. The first-order valence-corrected chi connectivity index (χ1v) is 11.5. The van der Waals surface area contributed by atoms with Gasteiger partial charge in [-0.2, -0.15) is 0 Å². The molecule has 0 atom stereocenters. The maximum Gasteiger partial charge on any atom is 0.191 e. The number of guanidine groups is 1. The van der Waals surface area contributed by atoms with Gasteiger partial charge in [0.2, 0.25) is 0 Å². The molecule has 2 rings (SSSR count). The highest BCUT2D eigenvalue weighted by Gasteiger charge is 2.13. The molecule has 0 unspecified atom stereocenters. The number of hydrogen-bond donors (Lipinski definition) is 2. The standard InChI is InChI=1S/C20H33N3O2S/c1-16-13-18(11-12-19(16)26(3,24)25)15-23-20(21-2)22-14-17-9-7-5-4-6-8-10-17/h11-13,17H,4-10,14-15H2,1-3H3,(H2,21,22,23). The number of aryl methyl sites for hydroxylation is 1. The highest BCUT2D eigenvalue weighted by Crippen LogP contribution is 2.21. The van der Waals surface area contributed by atoms with Crippen molar-refractivity contribution in [3.63, 3.8) is 0 Å². The Kier molecular flexibility index (Phi) is 7.94. The van der Waals surface area contributed by atoms with Gasteiger partial charge >= 0.3 is 0 Å². The smallest absolute Gasteiger partial charge is 0.191 e. The van der Waals surface area contributed by atoms with Gasteiger partial charge in [0.1, 0.15) is 0 Å². The molecular weight excluding hydrogens is 346 g/mol. The maximum absolute atomic E-state index is 11.7. The molecule has 1 aromatic rings. The molecule has 1 aromatic carbocycles. The van der Waals surface area contributed by atoms with Crippen LogP contribution in [-0.4, -0.2) is 34.2 Å². The van der Waals surface area contributed by atoms with Gasteiger partial charge in [0.15, 0.2) is 15.8 Å². The van der Waals surface area contributed by atoms with Crippen molar-refractivity contribution in [3.05, 3.63) is 29.3 Å². The van der Waals surface area contributed by atoms with E-state index in [4.69, 9.17) is 0 Å². The van der Waals surface area contributed by atoms with Gasteiger partial charge in [0.25, 0.3) is 0 Å². The number of benzene rings is 1. The van der Waals surface area contributed by atoms with Crippen LogP contribution in [0.15, 0.2) is 28.1 Å². The van der Waals surface area contributed by atoms with Crippen molar-refractivity contribution in [2.45, 2.75) is 63.3 Å². The first-order valence-electron chi connectivity index (χ1n) is 9.64. The normalized spacial score (nSPS) is 17.4. The Balaban J connectivity index is 1.85. The van der Waals surface area contributed by atoms with Crippen LogP contribution in [0.2, 0.25) is 0 Å². The van der Waals surface area contributed by atoms with Crippen LogP contribution in [0.3, 0.4) is 0 Å². The van der Waals surface area contributed by atoms with E-state index in [9.17, 15) is 8.42 Å². The molecule has 0 amide bonds. The summed E-state index contributed by atoms with van der Waals surface area (Å²) in [5.74, 6) is 1.53. The van der Waals surface area contributed by atoms with Crippen molar-refractivity contribution in [1.29, 1.82) is 0 Å². The third-order valence-electron chi connectivity index (χ3n) is 5.11. The van der Waals surface area contributed by atoms with E-state index in [0.29, 0.717) is 11.4 Å². The molecule has 1 fully saturated rings. The lowest BCUT2D eigenvalue weighted by Crippen LogP contribution is -2.39. The highest BCUT2D eigenvalue weighted by atomic mass is 32.2. The van der Waals surface area contributed by atoms with Crippen LogP contribution in [0, 0.1) is 12.8 Å². The summed E-state index contributed by atoms with van der Waals surface area (Å²) in [5, 5.41) is 6.78. The lowest BCUT2D eigenvalue weighted by Gasteiger charge is -2.21. The summed E-state index contributed by atoms with van der Waals surface area (Å²) in [7, 11) is -1.39. The molecule has 0 spiro atoms. The van der Waals surface area contributed by atoms with E-state index in [0.717, 1.165) is 29.5 Å². The van der Waals surface area contributed by atoms with E-state index < -0.39 is 9.84 Å². The minimum Gasteiger partial charge on any atom is -0.356 e. The van der Waals surface area contributed by atoms with E-state index >= 15 is 0 Å². The SMILES string of the molecule is CN=C(NCc1ccc(S(C)(=O)=O)c(C)c1)NCC1CCCCCCC1. The van der Waals surface area contributed by atoms with Crippen molar-refractivity contribution in [3.8, 4) is 0 Å².